The first kappa shape index (κ1) is 31.1. The van der Waals surface area contributed by atoms with Crippen molar-refractivity contribution < 1.29 is 34.6 Å². The van der Waals surface area contributed by atoms with E-state index in [9.17, 15) is 26.0 Å². The summed E-state index contributed by atoms with van der Waals surface area (Å²) in [4.78, 5) is 24.5. The number of carbonyl (C=O) groups is 1. The summed E-state index contributed by atoms with van der Waals surface area (Å²) in [6.45, 7) is 9.48. The average molecular weight is 621 g/mol. The van der Waals surface area contributed by atoms with Gasteiger partial charge in [0.05, 0.1) is 28.3 Å². The molecule has 39 heavy (non-hydrogen) atoms. The third kappa shape index (κ3) is 7.40. The van der Waals surface area contributed by atoms with E-state index in [0.29, 0.717) is 0 Å². The number of halogens is 2. The van der Waals surface area contributed by atoms with Crippen LogP contribution in [0.1, 0.15) is 43.1 Å². The number of pyridine rings is 1. The molecule has 3 aromatic rings. The zero-order chi connectivity index (χ0) is 29.6. The van der Waals surface area contributed by atoms with Gasteiger partial charge in [0.15, 0.2) is 23.8 Å². The first-order valence-corrected chi connectivity index (χ1v) is 18.6. The Balaban J connectivity index is 2.17. The molecule has 1 atom stereocenters. The number of H-pyrrole nitrogens is 1. The van der Waals surface area contributed by atoms with Gasteiger partial charge < -0.3 is 14.7 Å². The molecule has 0 aliphatic heterocycles. The number of hydrogen-bond donors (Lipinski definition) is 2. The average Bonchev–Trinajstić information content (AvgIpc) is 3.20. The van der Waals surface area contributed by atoms with Gasteiger partial charge in [-0.25, -0.2) is 22.8 Å². The molecule has 2 heterocycles. The van der Waals surface area contributed by atoms with Crippen molar-refractivity contribution in [2.45, 2.75) is 49.9 Å². The predicted molar refractivity (Wildman–Crippen MR) is 148 cm³/mol. The Morgan fingerprint density at radius 2 is 1.85 bits per heavy atom. The van der Waals surface area contributed by atoms with Crippen LogP contribution in [0.4, 0.5) is 10.1 Å². The molecule has 3 rings (SSSR count). The summed E-state index contributed by atoms with van der Waals surface area (Å²) in [5, 5.41) is 2.01. The second kappa shape index (κ2) is 10.9. The lowest BCUT2D eigenvalue weighted by atomic mass is 10.2. The molecule has 2 N–H and O–H groups in total. The summed E-state index contributed by atoms with van der Waals surface area (Å²) in [7, 11) is -10.3. The van der Waals surface area contributed by atoms with E-state index in [0.717, 1.165) is 24.8 Å². The Morgan fingerprint density at radius 3 is 2.38 bits per heavy atom. The zero-order valence-corrected chi connectivity index (χ0v) is 25.8. The van der Waals surface area contributed by atoms with Crippen molar-refractivity contribution in [3.05, 3.63) is 46.6 Å². The molecule has 2 aromatic heterocycles. The fourth-order valence-corrected chi connectivity index (χ4v) is 5.86. The van der Waals surface area contributed by atoms with Gasteiger partial charge in [-0.3, -0.25) is 8.98 Å². The molecule has 0 radical (unpaired) electrons. The van der Waals surface area contributed by atoms with Crippen LogP contribution in [0.2, 0.25) is 23.2 Å². The van der Waals surface area contributed by atoms with Gasteiger partial charge in [0.25, 0.3) is 16.0 Å². The molecule has 214 valence electrons. The van der Waals surface area contributed by atoms with Crippen LogP contribution >= 0.6 is 11.6 Å². The summed E-state index contributed by atoms with van der Waals surface area (Å²) in [5.41, 5.74) is -0.238. The van der Waals surface area contributed by atoms with Gasteiger partial charge in [-0.05, 0) is 36.3 Å². The van der Waals surface area contributed by atoms with Crippen LogP contribution in [0.15, 0.2) is 29.3 Å². The van der Waals surface area contributed by atoms with Gasteiger partial charge >= 0.3 is 0 Å². The van der Waals surface area contributed by atoms with Crippen molar-refractivity contribution in [1.29, 1.82) is 0 Å². The van der Waals surface area contributed by atoms with Crippen LogP contribution < -0.4 is 5.32 Å². The number of sulfone groups is 1. The van der Waals surface area contributed by atoms with E-state index in [-0.39, 0.29) is 38.3 Å². The van der Waals surface area contributed by atoms with E-state index in [1.165, 1.54) is 12.1 Å². The Bertz CT molecular complexity index is 1640. The highest BCUT2D eigenvalue weighted by Crippen LogP contribution is 2.40. The smallest absolute Gasteiger partial charge is 0.264 e. The molecule has 1 amide bonds. The van der Waals surface area contributed by atoms with Crippen LogP contribution in [-0.4, -0.2) is 65.1 Å². The van der Waals surface area contributed by atoms with Crippen molar-refractivity contribution in [2.24, 2.45) is 0 Å². The lowest BCUT2D eigenvalue weighted by Crippen LogP contribution is -2.42. The van der Waals surface area contributed by atoms with E-state index < -0.39 is 57.6 Å². The van der Waals surface area contributed by atoms with Crippen molar-refractivity contribution in [3.63, 3.8) is 0 Å². The summed E-state index contributed by atoms with van der Waals surface area (Å²) in [5.74, 6) is -1.47. The third-order valence-corrected chi connectivity index (χ3v) is 12.7. The molecule has 0 fully saturated rings. The number of nitrogens with zero attached hydrogens (tertiary/aromatic N) is 2. The quantitative estimate of drug-likeness (QED) is 0.260. The number of aromatic nitrogens is 3. The number of aromatic amines is 1. The minimum atomic E-state index is -3.96. The van der Waals surface area contributed by atoms with E-state index >= 15 is 0 Å². The number of carbonyl (C=O) groups excluding carboxylic acids is 1. The normalized spacial score (nSPS) is 14.0. The first-order valence-electron chi connectivity index (χ1n) is 11.6. The lowest BCUT2D eigenvalue weighted by molar-refractivity contribution is 0.102. The second-order valence-electron chi connectivity index (χ2n) is 10.5. The van der Waals surface area contributed by atoms with E-state index in [1.807, 2.05) is 33.9 Å². The highest BCUT2D eigenvalue weighted by molar-refractivity contribution is 7.90. The van der Waals surface area contributed by atoms with Crippen LogP contribution in [-0.2, 0) is 28.6 Å². The van der Waals surface area contributed by atoms with Crippen LogP contribution in [0, 0.1) is 5.82 Å². The molecule has 0 spiro atoms. The summed E-state index contributed by atoms with van der Waals surface area (Å²) >= 11 is 5.81. The van der Waals surface area contributed by atoms with Crippen molar-refractivity contribution in [2.75, 3.05) is 24.4 Å². The zero-order valence-electron chi connectivity index (χ0n) is 22.4. The highest BCUT2D eigenvalue weighted by Gasteiger charge is 2.40. The molecule has 0 bridgehead atoms. The molecule has 0 saturated heterocycles. The van der Waals surface area contributed by atoms with Crippen LogP contribution in [0.3, 0.4) is 0 Å². The number of hydrogen-bond acceptors (Lipinski definition) is 9. The van der Waals surface area contributed by atoms with Gasteiger partial charge in [0.2, 0.25) is 0 Å². The molecule has 1 aromatic carbocycles. The number of imidazole rings is 1. The largest absolute Gasteiger partial charge is 0.404 e. The number of anilines is 1. The monoisotopic (exact) mass is 620 g/mol. The minimum Gasteiger partial charge on any atom is -0.404 e. The van der Waals surface area contributed by atoms with Crippen molar-refractivity contribution >= 4 is 62.6 Å². The molecule has 0 aliphatic carbocycles. The maximum Gasteiger partial charge on any atom is 0.264 e. The molecular formula is C23H30ClFN4O7S2Si. The third-order valence-electron chi connectivity index (χ3n) is 6.28. The number of amides is 1. The summed E-state index contributed by atoms with van der Waals surface area (Å²) < 4.78 is 73.7. The molecule has 0 aliphatic rings. The lowest BCUT2D eigenvalue weighted by Gasteiger charge is -2.38. The minimum absolute atomic E-state index is 0.0582. The predicted octanol–water partition coefficient (Wildman–Crippen LogP) is 4.45. The SMILES string of the molecule is CC(C)(C)[Si](C)(C)OC(COS(C)(=O)=O)c1nc2c(C(=O)Nc3ccc(F)c(Cl)c3)c(S(C)(=O)=O)cnc2[nH]1. The van der Waals surface area contributed by atoms with Crippen molar-refractivity contribution in [1.82, 2.24) is 15.0 Å². The van der Waals surface area contributed by atoms with Crippen LogP contribution in [0.25, 0.3) is 11.2 Å². The van der Waals surface area contributed by atoms with Crippen molar-refractivity contribution in [3.8, 4) is 0 Å². The van der Waals surface area contributed by atoms with E-state index in [1.54, 1.807) is 0 Å². The van der Waals surface area contributed by atoms with Gasteiger partial charge in [0, 0.05) is 18.1 Å². The fourth-order valence-electron chi connectivity index (χ4n) is 3.26. The van der Waals surface area contributed by atoms with E-state index in [2.05, 4.69) is 20.3 Å². The van der Waals surface area contributed by atoms with Gasteiger partial charge in [-0.1, -0.05) is 32.4 Å². The van der Waals surface area contributed by atoms with Gasteiger partial charge in [-0.2, -0.15) is 8.42 Å². The molecule has 16 heteroatoms. The Labute approximate surface area is 232 Å². The summed E-state index contributed by atoms with van der Waals surface area (Å²) in [6.07, 6.45) is 1.82. The van der Waals surface area contributed by atoms with E-state index in [4.69, 9.17) is 20.2 Å². The fraction of sp³-hybridized carbons (Fsp3) is 0.435. The number of rotatable bonds is 9. The maximum absolute atomic E-state index is 13.6. The standard InChI is InChI=1S/C23H30ClFN4O7S2Si/c1-23(2,3)39(6,7)36-16(12-35-38(5,33)34)20-28-19-18(17(37(4,31)32)11-26-21(19)29-20)22(30)27-13-8-9-15(25)14(24)10-13/h8-11,16H,12H2,1-7H3,(H,27,30)(H,26,28,29). The Morgan fingerprint density at radius 1 is 1.21 bits per heavy atom. The Hall–Kier alpha value is -2.43. The molecule has 1 unspecified atom stereocenters. The number of nitrogens with one attached hydrogen (secondary N) is 2. The number of benzene rings is 1. The number of fused-ring (bicyclic) bond motifs is 1. The molecular weight excluding hydrogens is 591 g/mol. The maximum atomic E-state index is 13.6. The first-order chi connectivity index (χ1) is 17.7. The second-order valence-corrected chi connectivity index (χ2v) is 19.3. The Kier molecular flexibility index (Phi) is 8.66. The van der Waals surface area contributed by atoms with Gasteiger partial charge in [-0.15, -0.1) is 0 Å². The summed E-state index contributed by atoms with van der Waals surface area (Å²) in [6, 6.07) is 3.49. The van der Waals surface area contributed by atoms with Gasteiger partial charge in [0.1, 0.15) is 23.3 Å². The van der Waals surface area contributed by atoms with Crippen LogP contribution in [0.5, 0.6) is 0 Å². The topological polar surface area (TPSA) is 157 Å². The molecule has 11 nitrogen and oxygen atoms in total. The highest BCUT2D eigenvalue weighted by atomic mass is 35.5. The molecule has 0 saturated carbocycles.